The molecule has 0 rings (SSSR count). The third-order valence-corrected chi connectivity index (χ3v) is 0. The molecular weight excluding hydrogens is 279 g/mol. The van der Waals surface area contributed by atoms with Gasteiger partial charge in [-0.2, -0.15) is 0 Å². The summed E-state index contributed by atoms with van der Waals surface area (Å²) in [6.45, 7) is 0. The third-order valence-electron chi connectivity index (χ3n) is 0. The van der Waals surface area contributed by atoms with Gasteiger partial charge in [0.05, 0.1) is 0 Å². The smallest absolute Gasteiger partial charge is 1.00 e. The molecule has 0 N–H and O–H groups in total. The molecule has 0 saturated carbocycles. The molecule has 0 unspecified atom stereocenters. The van der Waals surface area contributed by atoms with Crippen molar-refractivity contribution >= 4 is 0 Å². The summed E-state index contributed by atoms with van der Waals surface area (Å²) in [6, 6.07) is 0. The molecule has 0 aliphatic carbocycles. The molecule has 0 fully saturated rings. The van der Waals surface area contributed by atoms with Crippen LogP contribution in [0.15, 0.2) is 0 Å². The second-order valence-electron chi connectivity index (χ2n) is 0. The van der Waals surface area contributed by atoms with Crippen molar-refractivity contribution in [3.63, 3.8) is 0 Å². The Bertz CT molecular complexity index is 7.61. The van der Waals surface area contributed by atoms with Crippen molar-refractivity contribution in [2.24, 2.45) is 0 Å². The average molecular weight is 279 g/mol. The Morgan fingerprint density at radius 2 is 0.600 bits per heavy atom. The average Bonchev–Trinajstić information content (AvgIpc) is 0. The van der Waals surface area contributed by atoms with E-state index < -0.39 is 0 Å². The van der Waals surface area contributed by atoms with E-state index in [-0.39, 0.29) is 80.5 Å². The van der Waals surface area contributed by atoms with Crippen molar-refractivity contribution in [1.29, 1.82) is 0 Å². The number of hydrogen-bond acceptors (Lipinski definition) is 0. The van der Waals surface area contributed by atoms with Gasteiger partial charge in [-0.05, 0) is 0 Å². The van der Waals surface area contributed by atoms with Crippen molar-refractivity contribution < 1.29 is 80.5 Å². The Balaban J connectivity index is 0. The van der Waals surface area contributed by atoms with Gasteiger partial charge < -0.3 is 58.8 Å². The van der Waals surface area contributed by atoms with Crippen molar-refractivity contribution in [3.05, 3.63) is 0 Å². The van der Waals surface area contributed by atoms with Crippen LogP contribution >= 0.6 is 0 Å². The van der Waals surface area contributed by atoms with Crippen molar-refractivity contribution in [2.75, 3.05) is 0 Å². The third kappa shape index (κ3) is 22.3. The quantitative estimate of drug-likeness (QED) is 0.386. The summed E-state index contributed by atoms with van der Waals surface area (Å²) in [5, 5.41) is 0. The van der Waals surface area contributed by atoms with E-state index in [9.17, 15) is 0 Å². The Morgan fingerprint density at radius 1 is 0.600 bits per heavy atom. The van der Waals surface area contributed by atoms with Crippen LogP contribution in [0, 0.1) is 0 Å². The zero-order chi connectivity index (χ0) is 0. The van der Waals surface area contributed by atoms with E-state index >= 15 is 0 Å². The molecule has 0 saturated heterocycles. The first kappa shape index (κ1) is 55.8. The van der Waals surface area contributed by atoms with Gasteiger partial charge in [0, 0.05) is 0 Å². The monoisotopic (exact) mass is 276 g/mol. The second-order valence-corrected chi connectivity index (χ2v) is 0. The fraction of sp³-hybridized carbons (Fsp3) is 0. The van der Waals surface area contributed by atoms with Crippen molar-refractivity contribution in [3.8, 4) is 0 Å². The summed E-state index contributed by atoms with van der Waals surface area (Å²) in [7, 11) is 0. The van der Waals surface area contributed by atoms with Gasteiger partial charge in [-0.3, -0.25) is 0 Å². The first-order valence-electron chi connectivity index (χ1n) is 0. The van der Waals surface area contributed by atoms with Gasteiger partial charge in [0.2, 0.25) is 0 Å². The van der Waals surface area contributed by atoms with Crippen LogP contribution in [0.3, 0.4) is 0 Å². The van der Waals surface area contributed by atoms with Gasteiger partial charge in [0.25, 0.3) is 0 Å². The van der Waals surface area contributed by atoms with Gasteiger partial charge >= 0.3 is 21.7 Å². The summed E-state index contributed by atoms with van der Waals surface area (Å²) < 4.78 is 0. The minimum absolute atomic E-state index is 0. The SMILES string of the molecule is [Br-].[Br-].[Cl-].[Cl-].[Ti+2]. The van der Waals surface area contributed by atoms with Crippen molar-refractivity contribution in [2.45, 2.75) is 0 Å². The molecule has 5 heavy (non-hydrogen) atoms. The largest absolute Gasteiger partial charge is 2.00 e. The number of rotatable bonds is 0. The molecule has 34 valence electrons. The molecule has 0 bridgehead atoms. The maximum absolute atomic E-state index is 0. The van der Waals surface area contributed by atoms with E-state index in [0.29, 0.717) is 0 Å². The van der Waals surface area contributed by atoms with Crippen molar-refractivity contribution in [1.82, 2.24) is 0 Å². The molecule has 0 nitrogen and oxygen atoms in total. The fourth-order valence-corrected chi connectivity index (χ4v) is 0. The first-order chi connectivity index (χ1) is 0. The van der Waals surface area contributed by atoms with Gasteiger partial charge in [-0.1, -0.05) is 0 Å². The van der Waals surface area contributed by atoms with E-state index in [1.165, 1.54) is 0 Å². The summed E-state index contributed by atoms with van der Waals surface area (Å²) in [5.74, 6) is 0. The molecule has 0 aliphatic rings. The number of hydrogen-bond donors (Lipinski definition) is 0. The van der Waals surface area contributed by atoms with Gasteiger partial charge in [-0.15, -0.1) is 0 Å². The predicted molar refractivity (Wildman–Crippen MR) is 0 cm³/mol. The van der Waals surface area contributed by atoms with Gasteiger partial charge in [0.15, 0.2) is 0 Å². The van der Waals surface area contributed by atoms with Crippen LogP contribution in [-0.2, 0) is 21.7 Å². The van der Waals surface area contributed by atoms with Crippen LogP contribution in [-0.4, -0.2) is 0 Å². The Morgan fingerprint density at radius 3 is 0.600 bits per heavy atom. The van der Waals surface area contributed by atoms with E-state index in [1.54, 1.807) is 0 Å². The summed E-state index contributed by atoms with van der Waals surface area (Å²) in [5.41, 5.74) is 0. The molecular formula is Br2Cl2Ti-2. The first-order valence-corrected chi connectivity index (χ1v) is 0. The Hall–Kier alpha value is 2.25. The zero-order valence-corrected chi connectivity index (χ0v) is 8.26. The van der Waals surface area contributed by atoms with Crippen LogP contribution in [0.1, 0.15) is 0 Å². The maximum atomic E-state index is 0. The van der Waals surface area contributed by atoms with Gasteiger partial charge in [-0.25, -0.2) is 0 Å². The Kier molecular flexibility index (Phi) is 379. The van der Waals surface area contributed by atoms with Gasteiger partial charge in [0.1, 0.15) is 0 Å². The zero-order valence-electron chi connectivity index (χ0n) is 2.01. The molecule has 0 heterocycles. The topological polar surface area (TPSA) is 0 Å². The Labute approximate surface area is 79.7 Å². The maximum Gasteiger partial charge on any atom is 2.00 e. The van der Waals surface area contributed by atoms with Crippen LogP contribution in [0.2, 0.25) is 0 Å². The molecule has 0 aliphatic heterocycles. The molecule has 5 heteroatoms. The molecule has 0 aromatic rings. The van der Waals surface area contributed by atoms with Crippen LogP contribution in [0.5, 0.6) is 0 Å². The molecule has 0 radical (unpaired) electrons. The van der Waals surface area contributed by atoms with E-state index in [2.05, 4.69) is 0 Å². The molecule has 0 spiro atoms. The standard InChI is InChI=1S/2BrH.2ClH.Ti/h4*1H;/q;;;;+2/p-4. The minimum Gasteiger partial charge on any atom is -1.00 e. The fourth-order valence-electron chi connectivity index (χ4n) is 0. The van der Waals surface area contributed by atoms with E-state index in [0.717, 1.165) is 0 Å². The van der Waals surface area contributed by atoms with E-state index in [1.807, 2.05) is 0 Å². The second kappa shape index (κ2) is 34.0. The number of halogens is 4. The summed E-state index contributed by atoms with van der Waals surface area (Å²) in [6.07, 6.45) is 0. The summed E-state index contributed by atoms with van der Waals surface area (Å²) >= 11 is 0. The summed E-state index contributed by atoms with van der Waals surface area (Å²) in [4.78, 5) is 0. The molecule has 0 amide bonds. The van der Waals surface area contributed by atoms with Crippen LogP contribution in [0.25, 0.3) is 0 Å². The molecule has 0 atom stereocenters. The normalized spacial score (nSPS) is 0. The van der Waals surface area contributed by atoms with Crippen LogP contribution in [0.4, 0.5) is 0 Å². The predicted octanol–water partition coefficient (Wildman–Crippen LogP) is -12.0. The minimum atomic E-state index is 0. The molecule has 0 aromatic heterocycles. The van der Waals surface area contributed by atoms with E-state index in [4.69, 9.17) is 0 Å². The van der Waals surface area contributed by atoms with Crippen LogP contribution < -0.4 is 58.8 Å². The molecule has 0 aromatic carbocycles.